The number of carbonyl (C=O) groups is 1. The fraction of sp³-hybridized carbons (Fsp3) is 0.0455. The van der Waals surface area contributed by atoms with Gasteiger partial charge in [-0.2, -0.15) is 0 Å². The zero-order valence-electron chi connectivity index (χ0n) is 14.1. The van der Waals surface area contributed by atoms with Crippen LogP contribution in [0.1, 0.15) is 27.0 Å². The highest BCUT2D eigenvalue weighted by molar-refractivity contribution is 6.30. The van der Waals surface area contributed by atoms with E-state index in [0.29, 0.717) is 5.56 Å². The first-order valence-corrected chi connectivity index (χ1v) is 8.41. The van der Waals surface area contributed by atoms with E-state index in [4.69, 9.17) is 16.3 Å². The van der Waals surface area contributed by atoms with Crippen LogP contribution in [0.25, 0.3) is 12.2 Å². The summed E-state index contributed by atoms with van der Waals surface area (Å²) < 4.78 is 18.6. The molecule has 0 atom stereocenters. The molecule has 0 aliphatic heterocycles. The minimum Gasteiger partial charge on any atom is -0.423 e. The first-order valence-electron chi connectivity index (χ1n) is 8.03. The number of hydrogen-bond acceptors (Lipinski definition) is 2. The molecule has 3 aromatic carbocycles. The number of carbonyl (C=O) groups excluding carboxylic acids is 1. The lowest BCUT2D eigenvalue weighted by Gasteiger charge is -2.05. The van der Waals surface area contributed by atoms with Crippen LogP contribution in [-0.2, 0) is 0 Å². The van der Waals surface area contributed by atoms with Crippen LogP contribution >= 0.6 is 11.6 Å². The standard InChI is InChI=1S/C22H16ClFO2/c1-15-2-4-16(5-3-15)6-7-17-8-10-18(11-9-17)22(25)26-19-12-13-20(23)21(24)14-19/h2-14H,1H3/b7-6+. The summed E-state index contributed by atoms with van der Waals surface area (Å²) in [6.07, 6.45) is 3.97. The van der Waals surface area contributed by atoms with Crippen molar-refractivity contribution in [2.45, 2.75) is 6.92 Å². The lowest BCUT2D eigenvalue weighted by Crippen LogP contribution is -2.08. The van der Waals surface area contributed by atoms with Crippen molar-refractivity contribution in [3.63, 3.8) is 0 Å². The van der Waals surface area contributed by atoms with Crippen LogP contribution in [0.15, 0.2) is 66.7 Å². The van der Waals surface area contributed by atoms with Gasteiger partial charge < -0.3 is 4.74 Å². The zero-order chi connectivity index (χ0) is 18.5. The van der Waals surface area contributed by atoms with E-state index in [1.165, 1.54) is 17.7 Å². The largest absolute Gasteiger partial charge is 0.423 e. The monoisotopic (exact) mass is 366 g/mol. The van der Waals surface area contributed by atoms with E-state index in [-0.39, 0.29) is 10.8 Å². The Balaban J connectivity index is 1.67. The van der Waals surface area contributed by atoms with Crippen LogP contribution in [0.2, 0.25) is 5.02 Å². The average Bonchev–Trinajstić information content (AvgIpc) is 2.65. The molecule has 0 fully saturated rings. The van der Waals surface area contributed by atoms with Gasteiger partial charge in [0.15, 0.2) is 0 Å². The second-order valence-corrected chi connectivity index (χ2v) is 6.24. The maximum Gasteiger partial charge on any atom is 0.343 e. The number of benzene rings is 3. The normalized spacial score (nSPS) is 10.9. The predicted molar refractivity (Wildman–Crippen MR) is 103 cm³/mol. The number of hydrogen-bond donors (Lipinski definition) is 0. The van der Waals surface area contributed by atoms with E-state index >= 15 is 0 Å². The Bertz CT molecular complexity index is 945. The molecule has 0 aliphatic rings. The van der Waals surface area contributed by atoms with Crippen LogP contribution in [0.3, 0.4) is 0 Å². The Kier molecular flexibility index (Phi) is 5.49. The maximum absolute atomic E-state index is 13.4. The molecule has 130 valence electrons. The van der Waals surface area contributed by atoms with Gasteiger partial charge in [-0.05, 0) is 42.3 Å². The summed E-state index contributed by atoms with van der Waals surface area (Å²) in [5.74, 6) is -1.07. The van der Waals surface area contributed by atoms with Gasteiger partial charge in [0.25, 0.3) is 0 Å². The molecule has 0 bridgehead atoms. The molecule has 0 N–H and O–H groups in total. The van der Waals surface area contributed by atoms with Crippen LogP contribution in [0, 0.1) is 12.7 Å². The SMILES string of the molecule is Cc1ccc(/C=C/c2ccc(C(=O)Oc3ccc(Cl)c(F)c3)cc2)cc1. The lowest BCUT2D eigenvalue weighted by atomic mass is 10.1. The van der Waals surface area contributed by atoms with Gasteiger partial charge in [0.2, 0.25) is 0 Å². The summed E-state index contributed by atoms with van der Waals surface area (Å²) >= 11 is 5.61. The molecular formula is C22H16ClFO2. The summed E-state index contributed by atoms with van der Waals surface area (Å²) in [7, 11) is 0. The second-order valence-electron chi connectivity index (χ2n) is 5.83. The summed E-state index contributed by atoms with van der Waals surface area (Å²) in [5.41, 5.74) is 3.65. The summed E-state index contributed by atoms with van der Waals surface area (Å²) in [6.45, 7) is 2.05. The van der Waals surface area contributed by atoms with Crippen molar-refractivity contribution < 1.29 is 13.9 Å². The molecule has 0 aliphatic carbocycles. The van der Waals surface area contributed by atoms with Gasteiger partial charge in [-0.1, -0.05) is 65.7 Å². The fourth-order valence-electron chi connectivity index (χ4n) is 2.31. The minimum absolute atomic E-state index is 0.0190. The van der Waals surface area contributed by atoms with E-state index in [1.807, 2.05) is 43.3 Å². The Labute approximate surface area is 156 Å². The van der Waals surface area contributed by atoms with Crippen molar-refractivity contribution in [1.82, 2.24) is 0 Å². The van der Waals surface area contributed by atoms with E-state index < -0.39 is 11.8 Å². The lowest BCUT2D eigenvalue weighted by molar-refractivity contribution is 0.0734. The Morgan fingerprint density at radius 2 is 1.50 bits per heavy atom. The summed E-state index contributed by atoms with van der Waals surface area (Å²) in [6, 6.07) is 19.1. The number of aryl methyl sites for hydroxylation is 1. The average molecular weight is 367 g/mol. The van der Waals surface area contributed by atoms with Gasteiger partial charge in [-0.3, -0.25) is 0 Å². The summed E-state index contributed by atoms with van der Waals surface area (Å²) in [5, 5.41) is -0.0190. The van der Waals surface area contributed by atoms with Crippen molar-refractivity contribution in [2.75, 3.05) is 0 Å². The molecule has 0 radical (unpaired) electrons. The minimum atomic E-state index is -0.631. The van der Waals surface area contributed by atoms with Crippen molar-refractivity contribution in [1.29, 1.82) is 0 Å². The zero-order valence-corrected chi connectivity index (χ0v) is 14.8. The Morgan fingerprint density at radius 1 is 0.923 bits per heavy atom. The molecule has 0 unspecified atom stereocenters. The molecule has 2 nitrogen and oxygen atoms in total. The Morgan fingerprint density at radius 3 is 2.08 bits per heavy atom. The molecular weight excluding hydrogens is 351 g/mol. The van der Waals surface area contributed by atoms with Crippen molar-refractivity contribution >= 4 is 29.7 Å². The third-order valence-electron chi connectivity index (χ3n) is 3.79. The van der Waals surface area contributed by atoms with Gasteiger partial charge in [-0.25, -0.2) is 9.18 Å². The number of halogens is 2. The molecule has 0 aromatic heterocycles. The van der Waals surface area contributed by atoms with Gasteiger partial charge >= 0.3 is 5.97 Å². The van der Waals surface area contributed by atoms with E-state index in [1.54, 1.807) is 12.1 Å². The second kappa shape index (κ2) is 7.98. The molecule has 0 saturated carbocycles. The highest BCUT2D eigenvalue weighted by Crippen LogP contribution is 2.21. The third kappa shape index (κ3) is 4.58. The molecule has 0 amide bonds. The molecule has 26 heavy (non-hydrogen) atoms. The summed E-state index contributed by atoms with van der Waals surface area (Å²) in [4.78, 5) is 12.1. The highest BCUT2D eigenvalue weighted by atomic mass is 35.5. The topological polar surface area (TPSA) is 26.3 Å². The van der Waals surface area contributed by atoms with E-state index in [0.717, 1.165) is 17.2 Å². The number of ether oxygens (including phenoxy) is 1. The molecule has 3 aromatic rings. The van der Waals surface area contributed by atoms with Crippen molar-refractivity contribution in [3.05, 3.63) is 99.8 Å². The van der Waals surface area contributed by atoms with Crippen LogP contribution in [0.5, 0.6) is 5.75 Å². The molecule has 0 saturated heterocycles. The van der Waals surface area contributed by atoms with Crippen molar-refractivity contribution in [2.24, 2.45) is 0 Å². The van der Waals surface area contributed by atoms with Crippen molar-refractivity contribution in [3.8, 4) is 5.75 Å². The Hall–Kier alpha value is -2.91. The molecule has 4 heteroatoms. The number of rotatable bonds is 4. The quantitative estimate of drug-likeness (QED) is 0.313. The first-order chi connectivity index (χ1) is 12.5. The van der Waals surface area contributed by atoms with Gasteiger partial charge in [-0.15, -0.1) is 0 Å². The van der Waals surface area contributed by atoms with Crippen LogP contribution < -0.4 is 4.74 Å². The van der Waals surface area contributed by atoms with E-state index in [2.05, 4.69) is 12.1 Å². The van der Waals surface area contributed by atoms with Gasteiger partial charge in [0.1, 0.15) is 11.6 Å². The molecule has 0 heterocycles. The predicted octanol–water partition coefficient (Wildman–Crippen LogP) is 6.18. The third-order valence-corrected chi connectivity index (χ3v) is 4.10. The van der Waals surface area contributed by atoms with Crippen LogP contribution in [-0.4, -0.2) is 5.97 Å². The first kappa shape index (κ1) is 17.9. The van der Waals surface area contributed by atoms with Gasteiger partial charge in [0.05, 0.1) is 10.6 Å². The fourth-order valence-corrected chi connectivity index (χ4v) is 2.42. The van der Waals surface area contributed by atoms with Gasteiger partial charge in [0, 0.05) is 6.07 Å². The number of esters is 1. The maximum atomic E-state index is 13.4. The molecule has 3 rings (SSSR count). The van der Waals surface area contributed by atoms with E-state index in [9.17, 15) is 9.18 Å². The van der Waals surface area contributed by atoms with Crippen LogP contribution in [0.4, 0.5) is 4.39 Å². The molecule has 0 spiro atoms. The smallest absolute Gasteiger partial charge is 0.343 e. The highest BCUT2D eigenvalue weighted by Gasteiger charge is 2.10.